The van der Waals surface area contributed by atoms with Crippen molar-refractivity contribution in [3.8, 4) is 0 Å². The predicted octanol–water partition coefficient (Wildman–Crippen LogP) is 5.02. The van der Waals surface area contributed by atoms with Gasteiger partial charge in [0.25, 0.3) is 0 Å². The zero-order valence-electron chi connectivity index (χ0n) is 18.1. The number of hydrogen-bond donors (Lipinski definition) is 0. The Hall–Kier alpha value is -2.14. The first-order valence-corrected chi connectivity index (χ1v) is 10.9. The molecule has 1 fully saturated rings. The Bertz CT molecular complexity index is 867. The minimum Gasteiger partial charge on any atom is -0.368 e. The van der Waals surface area contributed by atoms with Crippen molar-refractivity contribution >= 4 is 17.5 Å². The van der Waals surface area contributed by atoms with Crippen molar-refractivity contribution in [2.45, 2.75) is 33.5 Å². The highest BCUT2D eigenvalue weighted by Crippen LogP contribution is 2.23. The fourth-order valence-corrected chi connectivity index (χ4v) is 3.78. The standard InChI is InChI=1S/C25H31ClN2O2/c1-19(2)15-25(29)28-13-11-27(12-14-28)17-24(22-7-9-23(26)10-8-22)30-18-21-6-4-5-20(3)16-21/h4-10,15-16,24H,11-14,17-18H2,1-3H3. The first kappa shape index (κ1) is 22.5. The molecule has 0 aromatic heterocycles. The highest BCUT2D eigenvalue weighted by atomic mass is 35.5. The third-order valence-corrected chi connectivity index (χ3v) is 5.55. The summed E-state index contributed by atoms with van der Waals surface area (Å²) in [4.78, 5) is 16.6. The van der Waals surface area contributed by atoms with Gasteiger partial charge in [-0.05, 0) is 44.0 Å². The molecule has 0 saturated carbocycles. The van der Waals surface area contributed by atoms with Crippen molar-refractivity contribution in [2.75, 3.05) is 32.7 Å². The van der Waals surface area contributed by atoms with E-state index in [2.05, 4.69) is 36.1 Å². The maximum atomic E-state index is 12.3. The zero-order chi connectivity index (χ0) is 21.5. The lowest BCUT2D eigenvalue weighted by molar-refractivity contribution is -0.128. The number of halogens is 1. The molecule has 3 rings (SSSR count). The Kier molecular flexibility index (Phi) is 8.08. The topological polar surface area (TPSA) is 32.8 Å². The Morgan fingerprint density at radius 1 is 1.10 bits per heavy atom. The Morgan fingerprint density at radius 2 is 1.80 bits per heavy atom. The van der Waals surface area contributed by atoms with Crippen LogP contribution >= 0.6 is 11.6 Å². The van der Waals surface area contributed by atoms with Crippen LogP contribution in [0.1, 0.15) is 36.6 Å². The highest BCUT2D eigenvalue weighted by molar-refractivity contribution is 6.30. The van der Waals surface area contributed by atoms with E-state index in [1.54, 1.807) is 6.08 Å². The van der Waals surface area contributed by atoms with Crippen LogP contribution < -0.4 is 0 Å². The van der Waals surface area contributed by atoms with Gasteiger partial charge >= 0.3 is 0 Å². The third-order valence-electron chi connectivity index (χ3n) is 5.30. The summed E-state index contributed by atoms with van der Waals surface area (Å²) >= 11 is 6.09. The fraction of sp³-hybridized carbons (Fsp3) is 0.400. The summed E-state index contributed by atoms with van der Waals surface area (Å²) in [5.74, 6) is 0.111. The van der Waals surface area contributed by atoms with Crippen LogP contribution in [0.2, 0.25) is 5.02 Å². The van der Waals surface area contributed by atoms with Crippen molar-refractivity contribution in [2.24, 2.45) is 0 Å². The molecule has 1 aliphatic heterocycles. The second kappa shape index (κ2) is 10.8. The van der Waals surface area contributed by atoms with Crippen LogP contribution in [0.25, 0.3) is 0 Å². The first-order valence-electron chi connectivity index (χ1n) is 10.5. The van der Waals surface area contributed by atoms with Crippen molar-refractivity contribution < 1.29 is 9.53 Å². The number of piperazine rings is 1. The number of hydrogen-bond acceptors (Lipinski definition) is 3. The Balaban J connectivity index is 1.63. The summed E-state index contributed by atoms with van der Waals surface area (Å²) < 4.78 is 6.36. The van der Waals surface area contributed by atoms with E-state index in [4.69, 9.17) is 16.3 Å². The van der Waals surface area contributed by atoms with E-state index in [0.29, 0.717) is 6.61 Å². The van der Waals surface area contributed by atoms with Gasteiger partial charge in [0.2, 0.25) is 5.91 Å². The molecule has 30 heavy (non-hydrogen) atoms. The third kappa shape index (κ3) is 6.69. The number of amides is 1. The molecule has 0 N–H and O–H groups in total. The molecule has 1 atom stereocenters. The summed E-state index contributed by atoms with van der Waals surface area (Å²) in [6, 6.07) is 16.3. The van der Waals surface area contributed by atoms with Crippen molar-refractivity contribution in [3.63, 3.8) is 0 Å². The van der Waals surface area contributed by atoms with Crippen LogP contribution in [0, 0.1) is 6.92 Å². The Labute approximate surface area is 185 Å². The van der Waals surface area contributed by atoms with Crippen molar-refractivity contribution in [1.29, 1.82) is 0 Å². The van der Waals surface area contributed by atoms with Crippen LogP contribution in [0.5, 0.6) is 0 Å². The average molecular weight is 427 g/mol. The summed E-state index contributed by atoms with van der Waals surface area (Å²) in [6.07, 6.45) is 1.67. The van der Waals surface area contributed by atoms with Crippen molar-refractivity contribution in [3.05, 3.63) is 81.9 Å². The van der Waals surface area contributed by atoms with Gasteiger partial charge in [-0.1, -0.05) is 59.1 Å². The van der Waals surface area contributed by atoms with Crippen molar-refractivity contribution in [1.82, 2.24) is 9.80 Å². The molecule has 1 amide bonds. The molecular weight excluding hydrogens is 396 g/mol. The van der Waals surface area contributed by atoms with Crippen LogP contribution in [-0.4, -0.2) is 48.4 Å². The van der Waals surface area contributed by atoms with Gasteiger partial charge < -0.3 is 9.64 Å². The molecule has 1 saturated heterocycles. The lowest BCUT2D eigenvalue weighted by atomic mass is 10.1. The number of rotatable bonds is 7. The SMILES string of the molecule is CC(C)=CC(=O)N1CCN(CC(OCc2cccc(C)c2)c2ccc(Cl)cc2)CC1. The van der Waals surface area contributed by atoms with E-state index >= 15 is 0 Å². The van der Waals surface area contributed by atoms with Crippen LogP contribution in [0.3, 0.4) is 0 Å². The number of allylic oxidation sites excluding steroid dienone is 1. The minimum atomic E-state index is -0.0530. The maximum Gasteiger partial charge on any atom is 0.246 e. The summed E-state index contributed by atoms with van der Waals surface area (Å²) in [5.41, 5.74) is 4.56. The quantitative estimate of drug-likeness (QED) is 0.583. The van der Waals surface area contributed by atoms with Gasteiger partial charge in [-0.2, -0.15) is 0 Å². The molecule has 1 heterocycles. The second-order valence-electron chi connectivity index (χ2n) is 8.19. The number of ether oxygens (including phenoxy) is 1. The van der Waals surface area contributed by atoms with Gasteiger partial charge in [0.15, 0.2) is 0 Å². The fourth-order valence-electron chi connectivity index (χ4n) is 3.65. The minimum absolute atomic E-state index is 0.0530. The predicted molar refractivity (Wildman–Crippen MR) is 123 cm³/mol. The Morgan fingerprint density at radius 3 is 2.43 bits per heavy atom. The molecule has 4 nitrogen and oxygen atoms in total. The second-order valence-corrected chi connectivity index (χ2v) is 8.62. The van der Waals surface area contributed by atoms with E-state index in [9.17, 15) is 4.79 Å². The molecule has 0 aliphatic carbocycles. The van der Waals surface area contributed by atoms with E-state index in [1.165, 1.54) is 11.1 Å². The first-order chi connectivity index (χ1) is 14.4. The smallest absolute Gasteiger partial charge is 0.246 e. The van der Waals surface area contributed by atoms with Crippen LogP contribution in [0.15, 0.2) is 60.2 Å². The highest BCUT2D eigenvalue weighted by Gasteiger charge is 2.23. The molecule has 0 radical (unpaired) electrons. The van der Waals surface area contributed by atoms with E-state index in [-0.39, 0.29) is 12.0 Å². The van der Waals surface area contributed by atoms with Gasteiger partial charge in [-0.25, -0.2) is 0 Å². The molecule has 1 unspecified atom stereocenters. The lowest BCUT2D eigenvalue weighted by Crippen LogP contribution is -2.49. The van der Waals surface area contributed by atoms with Gasteiger partial charge in [0, 0.05) is 43.8 Å². The number of carbonyl (C=O) groups excluding carboxylic acids is 1. The molecule has 5 heteroatoms. The molecule has 2 aromatic rings. The molecule has 0 spiro atoms. The average Bonchev–Trinajstić information content (AvgIpc) is 2.72. The normalized spacial score (nSPS) is 15.7. The van der Waals surface area contributed by atoms with E-state index in [1.807, 2.05) is 43.0 Å². The zero-order valence-corrected chi connectivity index (χ0v) is 18.9. The number of aryl methyl sites for hydroxylation is 1. The largest absolute Gasteiger partial charge is 0.368 e. The molecule has 160 valence electrons. The summed E-state index contributed by atoms with van der Waals surface area (Å²) in [6.45, 7) is 10.5. The molecule has 0 bridgehead atoms. The molecule has 2 aromatic carbocycles. The van der Waals surface area contributed by atoms with Gasteiger partial charge in [-0.15, -0.1) is 0 Å². The molecule has 1 aliphatic rings. The summed E-state index contributed by atoms with van der Waals surface area (Å²) in [7, 11) is 0. The van der Waals surface area contributed by atoms with Crippen LogP contribution in [-0.2, 0) is 16.1 Å². The number of carbonyl (C=O) groups is 1. The lowest BCUT2D eigenvalue weighted by Gasteiger charge is -2.36. The van der Waals surface area contributed by atoms with Crippen LogP contribution in [0.4, 0.5) is 0 Å². The number of benzene rings is 2. The van der Waals surface area contributed by atoms with Gasteiger partial charge in [0.05, 0.1) is 12.7 Å². The van der Waals surface area contributed by atoms with Gasteiger partial charge in [0.1, 0.15) is 0 Å². The van der Waals surface area contributed by atoms with E-state index < -0.39 is 0 Å². The summed E-state index contributed by atoms with van der Waals surface area (Å²) in [5, 5.41) is 0.725. The number of nitrogens with zero attached hydrogens (tertiary/aromatic N) is 2. The van der Waals surface area contributed by atoms with Gasteiger partial charge in [-0.3, -0.25) is 9.69 Å². The molecular formula is C25H31ClN2O2. The van der Waals surface area contributed by atoms with E-state index in [0.717, 1.165) is 48.9 Å². The monoisotopic (exact) mass is 426 g/mol. The maximum absolute atomic E-state index is 12.3.